The van der Waals surface area contributed by atoms with Crippen LogP contribution in [-0.2, 0) is 6.61 Å². The van der Waals surface area contributed by atoms with Crippen molar-refractivity contribution >= 4 is 16.6 Å². The molecule has 3 rings (SSSR count). The highest BCUT2D eigenvalue weighted by Gasteiger charge is 2.04. The summed E-state index contributed by atoms with van der Waals surface area (Å²) in [5.74, 6) is 0. The molecule has 2 N–H and O–H groups in total. The Kier molecular flexibility index (Phi) is 2.65. The second-order valence-electron chi connectivity index (χ2n) is 4.19. The van der Waals surface area contributed by atoms with Gasteiger partial charge in [-0.1, -0.05) is 42.5 Å². The van der Waals surface area contributed by atoms with Crippen molar-refractivity contribution in [2.24, 2.45) is 0 Å². The van der Waals surface area contributed by atoms with E-state index < -0.39 is 0 Å². The zero-order chi connectivity index (χ0) is 12.4. The molecule has 0 unspecified atom stereocenters. The lowest BCUT2D eigenvalue weighted by molar-refractivity contribution is 0.108. The van der Waals surface area contributed by atoms with Crippen molar-refractivity contribution < 1.29 is 4.84 Å². The van der Waals surface area contributed by atoms with Crippen LogP contribution in [0.25, 0.3) is 10.9 Å². The smallest absolute Gasteiger partial charge is 0.140 e. The lowest BCUT2D eigenvalue weighted by Gasteiger charge is -2.09. The quantitative estimate of drug-likeness (QED) is 0.713. The van der Waals surface area contributed by atoms with Crippen LogP contribution in [0.15, 0.2) is 60.8 Å². The molecule has 3 aromatic rings. The molecule has 0 saturated carbocycles. The van der Waals surface area contributed by atoms with Crippen LogP contribution >= 0.6 is 0 Å². The SMILES string of the molecule is Nc1cccc2ccn(OCc3ccccc3)c12. The first kappa shape index (κ1) is 10.7. The van der Waals surface area contributed by atoms with Gasteiger partial charge in [-0.25, -0.2) is 0 Å². The third-order valence-electron chi connectivity index (χ3n) is 2.92. The van der Waals surface area contributed by atoms with Gasteiger partial charge in [0.2, 0.25) is 0 Å². The molecule has 0 aliphatic heterocycles. The molecular weight excluding hydrogens is 224 g/mol. The van der Waals surface area contributed by atoms with Crippen LogP contribution in [0.2, 0.25) is 0 Å². The van der Waals surface area contributed by atoms with Crippen LogP contribution < -0.4 is 10.6 Å². The van der Waals surface area contributed by atoms with Crippen molar-refractivity contribution in [1.82, 2.24) is 4.73 Å². The van der Waals surface area contributed by atoms with E-state index in [1.807, 2.05) is 60.8 Å². The number of hydrogen-bond acceptors (Lipinski definition) is 2. The van der Waals surface area contributed by atoms with Gasteiger partial charge in [0.25, 0.3) is 0 Å². The Balaban J connectivity index is 1.87. The summed E-state index contributed by atoms with van der Waals surface area (Å²) in [6, 6.07) is 17.9. The molecule has 0 atom stereocenters. The second kappa shape index (κ2) is 4.45. The number of nitrogen functional groups attached to an aromatic ring is 1. The van der Waals surface area contributed by atoms with Gasteiger partial charge in [-0.05, 0) is 17.7 Å². The van der Waals surface area contributed by atoms with Crippen LogP contribution in [0.4, 0.5) is 5.69 Å². The Morgan fingerprint density at radius 3 is 2.61 bits per heavy atom. The highest BCUT2D eigenvalue weighted by Crippen LogP contribution is 2.21. The van der Waals surface area contributed by atoms with E-state index in [1.54, 1.807) is 4.73 Å². The summed E-state index contributed by atoms with van der Waals surface area (Å²) in [7, 11) is 0. The van der Waals surface area contributed by atoms with Crippen molar-refractivity contribution in [3.05, 3.63) is 66.4 Å². The van der Waals surface area contributed by atoms with Gasteiger partial charge in [-0.2, -0.15) is 4.73 Å². The van der Waals surface area contributed by atoms with Crippen LogP contribution in [-0.4, -0.2) is 4.73 Å². The maximum atomic E-state index is 5.97. The number of para-hydroxylation sites is 1. The molecule has 1 heterocycles. The molecule has 0 amide bonds. The topological polar surface area (TPSA) is 40.2 Å². The predicted octanol–water partition coefficient (Wildman–Crippen LogP) is 2.85. The number of nitrogens with two attached hydrogens (primary N) is 1. The zero-order valence-corrected chi connectivity index (χ0v) is 9.91. The first-order chi connectivity index (χ1) is 8.84. The highest BCUT2D eigenvalue weighted by molar-refractivity contribution is 5.90. The van der Waals surface area contributed by atoms with E-state index in [0.717, 1.165) is 22.2 Å². The minimum atomic E-state index is 0.527. The Hall–Kier alpha value is -2.42. The fourth-order valence-corrected chi connectivity index (χ4v) is 2.02. The molecule has 2 aromatic carbocycles. The number of aromatic nitrogens is 1. The van der Waals surface area contributed by atoms with Crippen molar-refractivity contribution in [2.45, 2.75) is 6.61 Å². The van der Waals surface area contributed by atoms with E-state index in [-0.39, 0.29) is 0 Å². The highest BCUT2D eigenvalue weighted by atomic mass is 16.7. The Morgan fingerprint density at radius 2 is 1.78 bits per heavy atom. The maximum Gasteiger partial charge on any atom is 0.140 e. The number of fused-ring (bicyclic) bond motifs is 1. The van der Waals surface area contributed by atoms with Crippen molar-refractivity contribution in [3.63, 3.8) is 0 Å². The Labute approximate surface area is 105 Å². The van der Waals surface area contributed by atoms with E-state index in [0.29, 0.717) is 6.61 Å². The minimum Gasteiger partial charge on any atom is -0.409 e. The normalized spacial score (nSPS) is 10.7. The van der Waals surface area contributed by atoms with E-state index in [4.69, 9.17) is 10.6 Å². The first-order valence-corrected chi connectivity index (χ1v) is 5.87. The van der Waals surface area contributed by atoms with Gasteiger partial charge in [-0.15, -0.1) is 0 Å². The van der Waals surface area contributed by atoms with Gasteiger partial charge >= 0.3 is 0 Å². The van der Waals surface area contributed by atoms with Crippen molar-refractivity contribution in [1.29, 1.82) is 0 Å². The van der Waals surface area contributed by atoms with Crippen LogP contribution in [0.5, 0.6) is 0 Å². The average Bonchev–Trinajstić information content (AvgIpc) is 2.82. The molecule has 0 bridgehead atoms. The third-order valence-corrected chi connectivity index (χ3v) is 2.92. The molecule has 0 fully saturated rings. The molecule has 1 aromatic heterocycles. The fraction of sp³-hybridized carbons (Fsp3) is 0.0667. The number of hydrogen-bond donors (Lipinski definition) is 1. The van der Waals surface area contributed by atoms with Crippen LogP contribution in [0.1, 0.15) is 5.56 Å². The maximum absolute atomic E-state index is 5.97. The first-order valence-electron chi connectivity index (χ1n) is 5.87. The van der Waals surface area contributed by atoms with Gasteiger partial charge in [0, 0.05) is 11.6 Å². The number of anilines is 1. The summed E-state index contributed by atoms with van der Waals surface area (Å²) < 4.78 is 1.73. The lowest BCUT2D eigenvalue weighted by atomic mass is 10.2. The van der Waals surface area contributed by atoms with Crippen molar-refractivity contribution in [2.75, 3.05) is 5.73 Å². The monoisotopic (exact) mass is 238 g/mol. The predicted molar refractivity (Wildman–Crippen MR) is 73.1 cm³/mol. The van der Waals surface area contributed by atoms with Gasteiger partial charge in [0.15, 0.2) is 0 Å². The third kappa shape index (κ3) is 1.91. The van der Waals surface area contributed by atoms with E-state index in [2.05, 4.69) is 0 Å². The summed E-state index contributed by atoms with van der Waals surface area (Å²) in [4.78, 5) is 5.76. The van der Waals surface area contributed by atoms with Gasteiger partial charge in [-0.3, -0.25) is 0 Å². The fourth-order valence-electron chi connectivity index (χ4n) is 2.02. The summed E-state index contributed by atoms with van der Waals surface area (Å²) in [6.45, 7) is 0.527. The Morgan fingerprint density at radius 1 is 0.944 bits per heavy atom. The molecule has 3 nitrogen and oxygen atoms in total. The largest absolute Gasteiger partial charge is 0.409 e. The summed E-state index contributed by atoms with van der Waals surface area (Å²) >= 11 is 0. The molecule has 0 spiro atoms. The molecule has 3 heteroatoms. The summed E-state index contributed by atoms with van der Waals surface area (Å²) in [5, 5.41) is 1.09. The number of benzene rings is 2. The lowest BCUT2D eigenvalue weighted by Crippen LogP contribution is -2.10. The summed E-state index contributed by atoms with van der Waals surface area (Å²) in [5.41, 5.74) is 8.75. The van der Waals surface area contributed by atoms with Crippen LogP contribution in [0.3, 0.4) is 0 Å². The summed E-state index contributed by atoms with van der Waals surface area (Å²) in [6.07, 6.45) is 1.89. The number of nitrogens with zero attached hydrogens (tertiary/aromatic N) is 1. The molecular formula is C15H14N2O. The Bertz CT molecular complexity index is 659. The molecule has 90 valence electrons. The van der Waals surface area contributed by atoms with E-state index >= 15 is 0 Å². The van der Waals surface area contributed by atoms with E-state index in [1.165, 1.54) is 0 Å². The second-order valence-corrected chi connectivity index (χ2v) is 4.19. The van der Waals surface area contributed by atoms with Crippen molar-refractivity contribution in [3.8, 4) is 0 Å². The molecule has 18 heavy (non-hydrogen) atoms. The van der Waals surface area contributed by atoms with Gasteiger partial charge < -0.3 is 10.6 Å². The molecule has 0 radical (unpaired) electrons. The number of rotatable bonds is 3. The zero-order valence-electron chi connectivity index (χ0n) is 9.91. The minimum absolute atomic E-state index is 0.527. The average molecular weight is 238 g/mol. The van der Waals surface area contributed by atoms with E-state index in [9.17, 15) is 0 Å². The molecule has 0 aliphatic carbocycles. The molecule has 0 saturated heterocycles. The standard InChI is InChI=1S/C15H14N2O/c16-14-8-4-7-13-9-10-17(15(13)14)18-11-12-5-2-1-3-6-12/h1-10H,11,16H2. The van der Waals surface area contributed by atoms with Gasteiger partial charge in [0.05, 0.1) is 5.69 Å². The molecule has 0 aliphatic rings. The van der Waals surface area contributed by atoms with Gasteiger partial charge in [0.1, 0.15) is 12.1 Å². The van der Waals surface area contributed by atoms with Crippen LogP contribution in [0, 0.1) is 0 Å².